The van der Waals surface area contributed by atoms with E-state index >= 15 is 0 Å². The van der Waals surface area contributed by atoms with E-state index in [1.165, 1.54) is 25.5 Å². The molecule has 0 aromatic carbocycles. The average molecular weight is 263 g/mol. The molecule has 0 spiro atoms. The Labute approximate surface area is 113 Å². The zero-order chi connectivity index (χ0) is 13.8. The van der Waals surface area contributed by atoms with E-state index in [1.54, 1.807) is 6.92 Å². The summed E-state index contributed by atoms with van der Waals surface area (Å²) in [4.78, 5) is 19.3. The number of carbonyl (C=O) groups is 1. The molecular formula is C14H21N3O2. The molecule has 1 heterocycles. The molecule has 1 aromatic heterocycles. The van der Waals surface area contributed by atoms with Crippen LogP contribution in [0.2, 0.25) is 0 Å². The molecule has 1 aromatic rings. The van der Waals surface area contributed by atoms with Gasteiger partial charge in [-0.25, -0.2) is 14.8 Å². The van der Waals surface area contributed by atoms with Gasteiger partial charge in [-0.1, -0.05) is 26.2 Å². The SMILES string of the molecule is CCC1CCCCC1Nc1ncc(C(=O)O)c(C)n1. The van der Waals surface area contributed by atoms with Crippen LogP contribution in [0.15, 0.2) is 6.20 Å². The van der Waals surface area contributed by atoms with Crippen molar-refractivity contribution in [3.63, 3.8) is 0 Å². The van der Waals surface area contributed by atoms with Gasteiger partial charge in [0, 0.05) is 12.2 Å². The molecule has 0 bridgehead atoms. The van der Waals surface area contributed by atoms with E-state index in [2.05, 4.69) is 22.2 Å². The first-order valence-corrected chi connectivity index (χ1v) is 6.95. The van der Waals surface area contributed by atoms with E-state index in [9.17, 15) is 4.79 Å². The highest BCUT2D eigenvalue weighted by atomic mass is 16.4. The minimum atomic E-state index is -0.979. The van der Waals surface area contributed by atoms with Gasteiger partial charge in [0.2, 0.25) is 5.95 Å². The van der Waals surface area contributed by atoms with E-state index in [0.717, 1.165) is 12.8 Å². The Morgan fingerprint density at radius 3 is 2.84 bits per heavy atom. The van der Waals surface area contributed by atoms with Crippen LogP contribution >= 0.6 is 0 Å². The van der Waals surface area contributed by atoms with Gasteiger partial charge < -0.3 is 10.4 Å². The summed E-state index contributed by atoms with van der Waals surface area (Å²) in [6, 6.07) is 0.411. The number of nitrogens with zero attached hydrogens (tertiary/aromatic N) is 2. The van der Waals surface area contributed by atoms with Gasteiger partial charge in [-0.3, -0.25) is 0 Å². The molecule has 0 aliphatic heterocycles. The van der Waals surface area contributed by atoms with Crippen molar-refractivity contribution in [1.29, 1.82) is 0 Å². The van der Waals surface area contributed by atoms with Crippen LogP contribution in [0.5, 0.6) is 0 Å². The van der Waals surface area contributed by atoms with Crippen molar-refractivity contribution in [3.8, 4) is 0 Å². The molecule has 19 heavy (non-hydrogen) atoms. The molecule has 2 rings (SSSR count). The van der Waals surface area contributed by atoms with Crippen molar-refractivity contribution in [3.05, 3.63) is 17.5 Å². The Bertz CT molecular complexity index is 462. The second-order valence-corrected chi connectivity index (χ2v) is 5.20. The Kier molecular flexibility index (Phi) is 4.35. The Morgan fingerprint density at radius 1 is 1.47 bits per heavy atom. The average Bonchev–Trinajstić information content (AvgIpc) is 2.39. The topological polar surface area (TPSA) is 75.1 Å². The fraction of sp³-hybridized carbons (Fsp3) is 0.643. The quantitative estimate of drug-likeness (QED) is 0.873. The monoisotopic (exact) mass is 263 g/mol. The molecule has 0 amide bonds. The van der Waals surface area contributed by atoms with Crippen molar-refractivity contribution >= 4 is 11.9 Å². The van der Waals surface area contributed by atoms with Crippen molar-refractivity contribution in [1.82, 2.24) is 9.97 Å². The molecule has 2 atom stereocenters. The second kappa shape index (κ2) is 5.99. The summed E-state index contributed by atoms with van der Waals surface area (Å²) in [5.74, 6) is 0.234. The highest BCUT2D eigenvalue weighted by Crippen LogP contribution is 2.28. The molecule has 0 saturated heterocycles. The Hall–Kier alpha value is -1.65. The zero-order valence-corrected chi connectivity index (χ0v) is 11.5. The van der Waals surface area contributed by atoms with E-state index < -0.39 is 5.97 Å². The maximum atomic E-state index is 10.9. The van der Waals surface area contributed by atoms with Crippen LogP contribution in [0.1, 0.15) is 55.1 Å². The summed E-state index contributed by atoms with van der Waals surface area (Å²) in [7, 11) is 0. The second-order valence-electron chi connectivity index (χ2n) is 5.20. The normalized spacial score (nSPS) is 23.1. The molecule has 5 heteroatoms. The molecule has 5 nitrogen and oxygen atoms in total. The smallest absolute Gasteiger partial charge is 0.339 e. The Balaban J connectivity index is 2.10. The molecule has 2 unspecified atom stereocenters. The number of rotatable bonds is 4. The number of aryl methyl sites for hydroxylation is 1. The van der Waals surface area contributed by atoms with Crippen LogP contribution < -0.4 is 5.32 Å². The van der Waals surface area contributed by atoms with Crippen LogP contribution in [0.25, 0.3) is 0 Å². The van der Waals surface area contributed by atoms with Crippen molar-refractivity contribution in [2.45, 2.75) is 52.0 Å². The summed E-state index contributed by atoms with van der Waals surface area (Å²) in [5, 5.41) is 12.3. The lowest BCUT2D eigenvalue weighted by Crippen LogP contribution is -2.32. The third-order valence-corrected chi connectivity index (χ3v) is 3.96. The zero-order valence-electron chi connectivity index (χ0n) is 11.5. The van der Waals surface area contributed by atoms with Crippen LogP contribution in [0, 0.1) is 12.8 Å². The van der Waals surface area contributed by atoms with Crippen molar-refractivity contribution < 1.29 is 9.90 Å². The molecule has 104 valence electrons. The summed E-state index contributed by atoms with van der Waals surface area (Å²) in [6.07, 6.45) is 7.47. The minimum Gasteiger partial charge on any atom is -0.478 e. The Morgan fingerprint density at radius 2 is 2.21 bits per heavy atom. The number of nitrogens with one attached hydrogen (secondary N) is 1. The van der Waals surface area contributed by atoms with E-state index in [-0.39, 0.29) is 5.56 Å². The molecule has 2 N–H and O–H groups in total. The highest BCUT2D eigenvalue weighted by molar-refractivity contribution is 5.88. The van der Waals surface area contributed by atoms with Gasteiger partial charge in [-0.2, -0.15) is 0 Å². The molecular weight excluding hydrogens is 242 g/mol. The number of hydrogen-bond donors (Lipinski definition) is 2. The fourth-order valence-corrected chi connectivity index (χ4v) is 2.80. The lowest BCUT2D eigenvalue weighted by atomic mass is 9.83. The first kappa shape index (κ1) is 13.8. The summed E-state index contributed by atoms with van der Waals surface area (Å²) in [5.41, 5.74) is 0.676. The van der Waals surface area contributed by atoms with Crippen LogP contribution in [0.3, 0.4) is 0 Å². The van der Waals surface area contributed by atoms with Gasteiger partial charge in [0.25, 0.3) is 0 Å². The molecule has 0 radical (unpaired) electrons. The predicted octanol–water partition coefficient (Wildman–Crippen LogP) is 2.86. The number of carboxylic acid groups (broad SMARTS) is 1. The summed E-state index contributed by atoms with van der Waals surface area (Å²) < 4.78 is 0. The largest absolute Gasteiger partial charge is 0.478 e. The molecule has 1 fully saturated rings. The van der Waals surface area contributed by atoms with Gasteiger partial charge in [-0.15, -0.1) is 0 Å². The van der Waals surface area contributed by atoms with E-state index in [1.807, 2.05) is 0 Å². The minimum absolute atomic E-state index is 0.168. The number of aromatic carboxylic acids is 1. The number of hydrogen-bond acceptors (Lipinski definition) is 4. The van der Waals surface area contributed by atoms with Crippen molar-refractivity contribution in [2.24, 2.45) is 5.92 Å². The number of anilines is 1. The molecule has 1 aliphatic carbocycles. The third-order valence-electron chi connectivity index (χ3n) is 3.96. The first-order valence-electron chi connectivity index (χ1n) is 6.95. The van der Waals surface area contributed by atoms with Gasteiger partial charge in [0.05, 0.1) is 11.3 Å². The maximum Gasteiger partial charge on any atom is 0.339 e. The summed E-state index contributed by atoms with van der Waals surface area (Å²) in [6.45, 7) is 3.92. The van der Waals surface area contributed by atoms with Gasteiger partial charge in [-0.05, 0) is 25.7 Å². The van der Waals surface area contributed by atoms with Crippen molar-refractivity contribution in [2.75, 3.05) is 5.32 Å². The fourth-order valence-electron chi connectivity index (χ4n) is 2.80. The highest BCUT2D eigenvalue weighted by Gasteiger charge is 2.24. The number of aromatic nitrogens is 2. The maximum absolute atomic E-state index is 10.9. The standard InChI is InChI=1S/C14H21N3O2/c1-3-10-6-4-5-7-12(10)17-14-15-8-11(13(18)19)9(2)16-14/h8,10,12H,3-7H2,1-2H3,(H,18,19)(H,15,16,17). The predicted molar refractivity (Wildman–Crippen MR) is 73.4 cm³/mol. The lowest BCUT2D eigenvalue weighted by molar-refractivity contribution is 0.0695. The van der Waals surface area contributed by atoms with Gasteiger partial charge >= 0.3 is 5.97 Å². The van der Waals surface area contributed by atoms with Gasteiger partial charge in [0.1, 0.15) is 0 Å². The van der Waals surface area contributed by atoms with Gasteiger partial charge in [0.15, 0.2) is 0 Å². The van der Waals surface area contributed by atoms with Crippen LogP contribution in [-0.4, -0.2) is 27.1 Å². The molecule has 1 aliphatic rings. The lowest BCUT2D eigenvalue weighted by Gasteiger charge is -2.31. The first-order chi connectivity index (χ1) is 9.11. The van der Waals surface area contributed by atoms with Crippen LogP contribution in [-0.2, 0) is 0 Å². The van der Waals surface area contributed by atoms with E-state index in [4.69, 9.17) is 5.11 Å². The number of carboxylic acids is 1. The van der Waals surface area contributed by atoms with Crippen LogP contribution in [0.4, 0.5) is 5.95 Å². The third kappa shape index (κ3) is 3.22. The summed E-state index contributed by atoms with van der Waals surface area (Å²) >= 11 is 0. The van der Waals surface area contributed by atoms with E-state index in [0.29, 0.717) is 23.6 Å². The molecule has 1 saturated carbocycles.